The molecule has 0 aliphatic heterocycles. The lowest BCUT2D eigenvalue weighted by Gasteiger charge is -2.14. The van der Waals surface area contributed by atoms with Gasteiger partial charge < -0.3 is 10.1 Å². The van der Waals surface area contributed by atoms with Crippen LogP contribution in [0.1, 0.15) is 26.2 Å². The third-order valence-electron chi connectivity index (χ3n) is 2.50. The molecule has 0 bridgehead atoms. The van der Waals surface area contributed by atoms with Crippen LogP contribution in [0.4, 0.5) is 0 Å². The third kappa shape index (κ3) is 3.00. The number of nitriles is 1. The molecule has 4 nitrogen and oxygen atoms in total. The number of hydrogen-bond acceptors (Lipinski definition) is 4. The summed E-state index contributed by atoms with van der Waals surface area (Å²) in [5.74, 6) is -0.180. The summed E-state index contributed by atoms with van der Waals surface area (Å²) in [5.41, 5.74) is 0. The molecule has 0 heterocycles. The van der Waals surface area contributed by atoms with Gasteiger partial charge in [0.05, 0.1) is 25.1 Å². The first-order valence-corrected chi connectivity index (χ1v) is 5.06. The Morgan fingerprint density at radius 1 is 1.64 bits per heavy atom. The van der Waals surface area contributed by atoms with E-state index in [0.29, 0.717) is 6.61 Å². The quantitative estimate of drug-likeness (QED) is 0.676. The first-order valence-electron chi connectivity index (χ1n) is 5.06. The molecular formula is C10H16N2O2. The zero-order valence-electron chi connectivity index (χ0n) is 8.45. The van der Waals surface area contributed by atoms with Gasteiger partial charge in [0.2, 0.25) is 0 Å². The molecule has 1 N–H and O–H groups in total. The number of rotatable bonds is 4. The second-order valence-corrected chi connectivity index (χ2v) is 3.46. The van der Waals surface area contributed by atoms with Gasteiger partial charge in [0.15, 0.2) is 0 Å². The number of carbonyl (C=O) groups excluding carboxylic acids is 1. The second-order valence-electron chi connectivity index (χ2n) is 3.46. The lowest BCUT2D eigenvalue weighted by molar-refractivity contribution is -0.142. The number of nitrogens with one attached hydrogen (secondary N) is 1. The van der Waals surface area contributed by atoms with Crippen molar-refractivity contribution in [3.63, 3.8) is 0 Å². The summed E-state index contributed by atoms with van der Waals surface area (Å²) in [7, 11) is 0. The Morgan fingerprint density at radius 2 is 2.43 bits per heavy atom. The third-order valence-corrected chi connectivity index (χ3v) is 2.50. The van der Waals surface area contributed by atoms with Crippen LogP contribution in [0.25, 0.3) is 0 Å². The molecule has 1 saturated carbocycles. The van der Waals surface area contributed by atoms with Crippen LogP contribution < -0.4 is 5.32 Å². The summed E-state index contributed by atoms with van der Waals surface area (Å²) in [5, 5.41) is 11.9. The molecule has 14 heavy (non-hydrogen) atoms. The molecule has 0 aromatic heterocycles. The highest BCUT2D eigenvalue weighted by Crippen LogP contribution is 2.24. The molecule has 2 unspecified atom stereocenters. The van der Waals surface area contributed by atoms with Crippen molar-refractivity contribution >= 4 is 5.97 Å². The van der Waals surface area contributed by atoms with E-state index in [1.54, 1.807) is 6.92 Å². The van der Waals surface area contributed by atoms with Crippen molar-refractivity contribution < 1.29 is 9.53 Å². The number of nitrogens with zero attached hydrogens (tertiary/aromatic N) is 1. The Labute approximate surface area is 84.2 Å². The molecule has 1 aliphatic carbocycles. The highest BCUT2D eigenvalue weighted by molar-refractivity contribution is 5.71. The van der Waals surface area contributed by atoms with Crippen LogP contribution in [0.3, 0.4) is 0 Å². The van der Waals surface area contributed by atoms with E-state index in [0.717, 1.165) is 19.3 Å². The summed E-state index contributed by atoms with van der Waals surface area (Å²) in [4.78, 5) is 11.0. The van der Waals surface area contributed by atoms with Gasteiger partial charge in [-0.1, -0.05) is 6.42 Å². The van der Waals surface area contributed by atoms with Crippen molar-refractivity contribution in [2.75, 3.05) is 13.2 Å². The van der Waals surface area contributed by atoms with Gasteiger partial charge in [-0.15, -0.1) is 0 Å². The lowest BCUT2D eigenvalue weighted by atomic mass is 10.1. The van der Waals surface area contributed by atoms with E-state index in [1.165, 1.54) is 0 Å². The predicted octanol–water partition coefficient (Wildman–Crippen LogP) is 0.831. The smallest absolute Gasteiger partial charge is 0.319 e. The Bertz CT molecular complexity index is 235. The van der Waals surface area contributed by atoms with Gasteiger partial charge in [0.1, 0.15) is 0 Å². The van der Waals surface area contributed by atoms with Gasteiger partial charge in [-0.2, -0.15) is 5.26 Å². The van der Waals surface area contributed by atoms with E-state index >= 15 is 0 Å². The van der Waals surface area contributed by atoms with Gasteiger partial charge in [0, 0.05) is 6.04 Å². The highest BCUT2D eigenvalue weighted by atomic mass is 16.5. The van der Waals surface area contributed by atoms with Crippen molar-refractivity contribution in [1.82, 2.24) is 5.32 Å². The standard InChI is InChI=1S/C10H16N2O2/c1-2-14-10(13)7-12-9-5-3-4-8(9)6-11/h8-9,12H,2-5,7H2,1H3. The average molecular weight is 196 g/mol. The average Bonchev–Trinajstić information content (AvgIpc) is 2.62. The van der Waals surface area contributed by atoms with Gasteiger partial charge in [-0.3, -0.25) is 4.79 Å². The first kappa shape index (κ1) is 11.0. The van der Waals surface area contributed by atoms with Gasteiger partial charge in [-0.05, 0) is 19.8 Å². The normalized spacial score (nSPS) is 25.7. The summed E-state index contributed by atoms with van der Waals surface area (Å²) in [6.45, 7) is 2.41. The van der Waals surface area contributed by atoms with Gasteiger partial charge >= 0.3 is 5.97 Å². The van der Waals surface area contributed by atoms with E-state index in [1.807, 2.05) is 0 Å². The molecule has 1 fully saturated rings. The van der Waals surface area contributed by atoms with Crippen LogP contribution in [-0.4, -0.2) is 25.2 Å². The Morgan fingerprint density at radius 3 is 3.07 bits per heavy atom. The molecular weight excluding hydrogens is 180 g/mol. The molecule has 78 valence electrons. The van der Waals surface area contributed by atoms with E-state index in [9.17, 15) is 4.79 Å². The SMILES string of the molecule is CCOC(=O)CNC1CCCC1C#N. The van der Waals surface area contributed by atoms with Gasteiger partial charge in [0.25, 0.3) is 0 Å². The second kappa shape index (κ2) is 5.61. The maximum Gasteiger partial charge on any atom is 0.319 e. The molecule has 0 radical (unpaired) electrons. The lowest BCUT2D eigenvalue weighted by Crippen LogP contribution is -2.36. The molecule has 0 aromatic carbocycles. The fourth-order valence-corrected chi connectivity index (χ4v) is 1.79. The van der Waals surface area contributed by atoms with Crippen LogP contribution in [0.5, 0.6) is 0 Å². The Balaban J connectivity index is 2.24. The summed E-state index contributed by atoms with van der Waals surface area (Å²) < 4.78 is 4.79. The zero-order valence-corrected chi connectivity index (χ0v) is 8.45. The highest BCUT2D eigenvalue weighted by Gasteiger charge is 2.26. The fourth-order valence-electron chi connectivity index (χ4n) is 1.79. The summed E-state index contributed by atoms with van der Waals surface area (Å²) >= 11 is 0. The van der Waals surface area contributed by atoms with Crippen LogP contribution >= 0.6 is 0 Å². The minimum atomic E-state index is -0.240. The number of ether oxygens (including phenoxy) is 1. The van der Waals surface area contributed by atoms with Crippen molar-refractivity contribution in [1.29, 1.82) is 5.26 Å². The van der Waals surface area contributed by atoms with E-state index < -0.39 is 0 Å². The molecule has 0 amide bonds. The molecule has 0 saturated heterocycles. The van der Waals surface area contributed by atoms with Gasteiger partial charge in [-0.25, -0.2) is 0 Å². The van der Waals surface area contributed by atoms with Crippen molar-refractivity contribution in [2.45, 2.75) is 32.2 Å². The van der Waals surface area contributed by atoms with E-state index in [4.69, 9.17) is 10.00 Å². The molecule has 0 aromatic rings. The predicted molar refractivity (Wildman–Crippen MR) is 51.4 cm³/mol. The van der Waals surface area contributed by atoms with E-state index in [2.05, 4.69) is 11.4 Å². The Hall–Kier alpha value is -1.08. The zero-order chi connectivity index (χ0) is 10.4. The molecule has 4 heteroatoms. The van der Waals surface area contributed by atoms with Crippen molar-refractivity contribution in [3.8, 4) is 6.07 Å². The largest absolute Gasteiger partial charge is 0.465 e. The number of carbonyl (C=O) groups is 1. The first-order chi connectivity index (χ1) is 6.77. The minimum absolute atomic E-state index is 0.0597. The van der Waals surface area contributed by atoms with Crippen LogP contribution in [-0.2, 0) is 9.53 Å². The van der Waals surface area contributed by atoms with E-state index in [-0.39, 0.29) is 24.5 Å². The van der Waals surface area contributed by atoms with Crippen LogP contribution in [0.2, 0.25) is 0 Å². The molecule has 1 aliphatic rings. The Kier molecular flexibility index (Phi) is 4.41. The topological polar surface area (TPSA) is 62.1 Å². The van der Waals surface area contributed by atoms with Crippen LogP contribution in [0, 0.1) is 17.2 Å². The molecule has 2 atom stereocenters. The van der Waals surface area contributed by atoms with Crippen molar-refractivity contribution in [3.05, 3.63) is 0 Å². The molecule has 0 spiro atoms. The molecule has 1 rings (SSSR count). The number of hydrogen-bond donors (Lipinski definition) is 1. The number of esters is 1. The minimum Gasteiger partial charge on any atom is -0.465 e. The maximum atomic E-state index is 11.0. The summed E-state index contributed by atoms with van der Waals surface area (Å²) in [6.07, 6.45) is 2.99. The maximum absolute atomic E-state index is 11.0. The van der Waals surface area contributed by atoms with Crippen molar-refractivity contribution in [2.24, 2.45) is 5.92 Å². The monoisotopic (exact) mass is 196 g/mol. The van der Waals surface area contributed by atoms with Crippen LogP contribution in [0.15, 0.2) is 0 Å². The summed E-state index contributed by atoms with van der Waals surface area (Å²) in [6, 6.07) is 2.43. The fraction of sp³-hybridized carbons (Fsp3) is 0.800.